The van der Waals surface area contributed by atoms with Crippen LogP contribution in [0.25, 0.3) is 0 Å². The van der Waals surface area contributed by atoms with E-state index in [0.717, 1.165) is 12.2 Å². The van der Waals surface area contributed by atoms with Gasteiger partial charge < -0.3 is 15.2 Å². The maximum Gasteiger partial charge on any atom is 0.323 e. The van der Waals surface area contributed by atoms with Crippen molar-refractivity contribution in [2.45, 2.75) is 52.4 Å². The molecule has 0 aromatic heterocycles. The van der Waals surface area contributed by atoms with Crippen LogP contribution in [0.2, 0.25) is 0 Å². The second-order valence-electron chi connectivity index (χ2n) is 5.53. The molecule has 4 nitrogen and oxygen atoms in total. The van der Waals surface area contributed by atoms with Crippen LogP contribution in [-0.4, -0.2) is 24.2 Å². The number of benzene rings is 1. The molecule has 112 valence electrons. The van der Waals surface area contributed by atoms with Crippen molar-refractivity contribution in [1.82, 2.24) is 0 Å². The smallest absolute Gasteiger partial charge is 0.323 e. The van der Waals surface area contributed by atoms with Gasteiger partial charge in [-0.25, -0.2) is 0 Å². The predicted molar refractivity (Wildman–Crippen MR) is 79.5 cm³/mol. The number of hydrogen-bond donors (Lipinski definition) is 1. The minimum absolute atomic E-state index is 0.220. The molecule has 2 N–H and O–H groups in total. The molecule has 0 aliphatic rings. The zero-order chi connectivity index (χ0) is 15.1. The van der Waals surface area contributed by atoms with E-state index in [2.05, 4.69) is 13.8 Å². The third-order valence-electron chi connectivity index (χ3n) is 2.93. The van der Waals surface area contributed by atoms with Crippen molar-refractivity contribution in [3.05, 3.63) is 30.3 Å². The standard InChI is InChI=1S/C16H25NO3/c1-11(2)10-15(20-16(18)12(3)17)13(4)19-14-8-6-5-7-9-14/h5-9,11-13,15H,10,17H2,1-4H3/t12-,13+,15-/m0/s1. The molecule has 0 aliphatic carbocycles. The molecule has 3 atom stereocenters. The molecule has 1 aromatic rings. The second-order valence-corrected chi connectivity index (χ2v) is 5.53. The number of ether oxygens (including phenoxy) is 2. The van der Waals surface area contributed by atoms with Crippen molar-refractivity contribution in [2.24, 2.45) is 11.7 Å². The van der Waals surface area contributed by atoms with Gasteiger partial charge in [0.15, 0.2) is 0 Å². The van der Waals surface area contributed by atoms with Crippen molar-refractivity contribution in [1.29, 1.82) is 0 Å². The molecule has 0 saturated heterocycles. The molecule has 20 heavy (non-hydrogen) atoms. The van der Waals surface area contributed by atoms with Gasteiger partial charge in [0.2, 0.25) is 0 Å². The summed E-state index contributed by atoms with van der Waals surface area (Å²) in [7, 11) is 0. The predicted octanol–water partition coefficient (Wildman–Crippen LogP) is 2.76. The summed E-state index contributed by atoms with van der Waals surface area (Å²) < 4.78 is 11.3. The molecule has 0 fully saturated rings. The second kappa shape index (κ2) is 7.90. The van der Waals surface area contributed by atoms with Gasteiger partial charge in [0.25, 0.3) is 0 Å². The minimum Gasteiger partial charge on any atom is -0.487 e. The number of hydrogen-bond acceptors (Lipinski definition) is 4. The fourth-order valence-electron chi connectivity index (χ4n) is 1.85. The molecule has 1 aromatic carbocycles. The Morgan fingerprint density at radius 3 is 2.25 bits per heavy atom. The minimum atomic E-state index is -0.617. The Hall–Kier alpha value is -1.55. The zero-order valence-corrected chi connectivity index (χ0v) is 12.7. The van der Waals surface area contributed by atoms with E-state index in [1.165, 1.54) is 0 Å². The fourth-order valence-corrected chi connectivity index (χ4v) is 1.85. The summed E-state index contributed by atoms with van der Waals surface area (Å²) in [6.45, 7) is 7.70. The number of carbonyl (C=O) groups is 1. The fraction of sp³-hybridized carbons (Fsp3) is 0.562. The van der Waals surface area contributed by atoms with E-state index < -0.39 is 6.04 Å². The SMILES string of the molecule is CC(C)C[C@H](OC(=O)[C@H](C)N)[C@@H](C)Oc1ccccc1. The highest BCUT2D eigenvalue weighted by Crippen LogP contribution is 2.18. The number of carbonyl (C=O) groups excluding carboxylic acids is 1. The monoisotopic (exact) mass is 279 g/mol. The number of rotatable bonds is 7. The van der Waals surface area contributed by atoms with E-state index in [4.69, 9.17) is 15.2 Å². The van der Waals surface area contributed by atoms with E-state index in [9.17, 15) is 4.79 Å². The van der Waals surface area contributed by atoms with E-state index in [-0.39, 0.29) is 18.2 Å². The Morgan fingerprint density at radius 2 is 1.75 bits per heavy atom. The van der Waals surface area contributed by atoms with Gasteiger partial charge in [-0.15, -0.1) is 0 Å². The zero-order valence-electron chi connectivity index (χ0n) is 12.7. The van der Waals surface area contributed by atoms with Gasteiger partial charge in [-0.1, -0.05) is 32.0 Å². The Balaban J connectivity index is 2.68. The van der Waals surface area contributed by atoms with Crippen molar-refractivity contribution < 1.29 is 14.3 Å². The Labute approximate surface area is 121 Å². The normalized spacial score (nSPS) is 15.5. The van der Waals surface area contributed by atoms with E-state index >= 15 is 0 Å². The van der Waals surface area contributed by atoms with Gasteiger partial charge in [0.1, 0.15) is 24.0 Å². The van der Waals surface area contributed by atoms with Gasteiger partial charge in [-0.3, -0.25) is 4.79 Å². The van der Waals surface area contributed by atoms with Gasteiger partial charge in [-0.2, -0.15) is 0 Å². The van der Waals surface area contributed by atoms with Crippen LogP contribution in [0.15, 0.2) is 30.3 Å². The molecular formula is C16H25NO3. The lowest BCUT2D eigenvalue weighted by Gasteiger charge is -2.27. The molecular weight excluding hydrogens is 254 g/mol. The van der Waals surface area contributed by atoms with Crippen LogP contribution >= 0.6 is 0 Å². The first-order valence-corrected chi connectivity index (χ1v) is 7.08. The van der Waals surface area contributed by atoms with E-state index in [1.54, 1.807) is 6.92 Å². The van der Waals surface area contributed by atoms with Crippen LogP contribution in [0, 0.1) is 5.92 Å². The summed E-state index contributed by atoms with van der Waals surface area (Å²) >= 11 is 0. The Bertz CT molecular complexity index is 403. The summed E-state index contributed by atoms with van der Waals surface area (Å²) in [5.41, 5.74) is 5.55. The third-order valence-corrected chi connectivity index (χ3v) is 2.93. The summed E-state index contributed by atoms with van der Waals surface area (Å²) in [6, 6.07) is 8.90. The molecule has 0 spiro atoms. The van der Waals surface area contributed by atoms with Crippen molar-refractivity contribution in [2.75, 3.05) is 0 Å². The highest BCUT2D eigenvalue weighted by molar-refractivity contribution is 5.75. The largest absolute Gasteiger partial charge is 0.487 e. The molecule has 0 bridgehead atoms. The van der Waals surface area contributed by atoms with Crippen molar-refractivity contribution >= 4 is 5.97 Å². The first kappa shape index (κ1) is 16.5. The summed E-state index contributed by atoms with van der Waals surface area (Å²) in [6.07, 6.45) is 0.225. The molecule has 4 heteroatoms. The number of para-hydroxylation sites is 1. The highest BCUT2D eigenvalue weighted by atomic mass is 16.6. The quantitative estimate of drug-likeness (QED) is 0.780. The van der Waals surface area contributed by atoms with Gasteiger partial charge in [-0.05, 0) is 38.3 Å². The first-order chi connectivity index (χ1) is 9.40. The summed E-state index contributed by atoms with van der Waals surface area (Å²) in [5, 5.41) is 0. The van der Waals surface area contributed by atoms with Crippen LogP contribution in [0.4, 0.5) is 0 Å². The number of nitrogens with two attached hydrogens (primary N) is 1. The van der Waals surface area contributed by atoms with Crippen LogP contribution in [0.5, 0.6) is 5.75 Å². The van der Waals surface area contributed by atoms with Crippen molar-refractivity contribution in [3.63, 3.8) is 0 Å². The topological polar surface area (TPSA) is 61.5 Å². The first-order valence-electron chi connectivity index (χ1n) is 7.08. The number of esters is 1. The van der Waals surface area contributed by atoms with E-state index in [0.29, 0.717) is 5.92 Å². The van der Waals surface area contributed by atoms with E-state index in [1.807, 2.05) is 37.3 Å². The lowest BCUT2D eigenvalue weighted by molar-refractivity contribution is -0.155. The maximum atomic E-state index is 11.7. The molecule has 0 unspecified atom stereocenters. The molecule has 0 aliphatic heterocycles. The molecule has 0 radical (unpaired) electrons. The summed E-state index contributed by atoms with van der Waals surface area (Å²) in [5.74, 6) is 0.785. The van der Waals surface area contributed by atoms with Crippen LogP contribution < -0.4 is 10.5 Å². The lowest BCUT2D eigenvalue weighted by atomic mass is 10.0. The van der Waals surface area contributed by atoms with Gasteiger partial charge in [0, 0.05) is 0 Å². The van der Waals surface area contributed by atoms with Crippen LogP contribution in [0.3, 0.4) is 0 Å². The Kier molecular flexibility index (Phi) is 6.52. The Morgan fingerprint density at radius 1 is 1.15 bits per heavy atom. The van der Waals surface area contributed by atoms with Gasteiger partial charge in [0.05, 0.1) is 0 Å². The molecule has 1 rings (SSSR count). The molecule has 0 amide bonds. The highest BCUT2D eigenvalue weighted by Gasteiger charge is 2.25. The van der Waals surface area contributed by atoms with Crippen molar-refractivity contribution in [3.8, 4) is 5.75 Å². The molecule has 0 saturated carbocycles. The average molecular weight is 279 g/mol. The maximum absolute atomic E-state index is 11.7. The van der Waals surface area contributed by atoms with Crippen LogP contribution in [0.1, 0.15) is 34.1 Å². The van der Waals surface area contributed by atoms with Gasteiger partial charge >= 0.3 is 5.97 Å². The third kappa shape index (κ3) is 5.61. The van der Waals surface area contributed by atoms with Crippen LogP contribution in [-0.2, 0) is 9.53 Å². The average Bonchev–Trinajstić information content (AvgIpc) is 2.38. The lowest BCUT2D eigenvalue weighted by Crippen LogP contribution is -2.39. The molecule has 0 heterocycles. The summed E-state index contributed by atoms with van der Waals surface area (Å²) in [4.78, 5) is 11.7.